The van der Waals surface area contributed by atoms with E-state index in [4.69, 9.17) is 11.6 Å². The lowest BCUT2D eigenvalue weighted by atomic mass is 10.1. The monoisotopic (exact) mass is 307 g/mol. The molecule has 0 atom stereocenters. The van der Waals surface area contributed by atoms with E-state index in [0.717, 1.165) is 6.54 Å². The summed E-state index contributed by atoms with van der Waals surface area (Å²) in [5.74, 6) is -0.868. The summed E-state index contributed by atoms with van der Waals surface area (Å²) in [4.78, 5) is 11.7. The first-order chi connectivity index (χ1) is 7.57. The predicted octanol–water partition coefficient (Wildman–Crippen LogP) is 3.42. The maximum Gasteiger partial charge on any atom is 0.165 e. The fraction of sp³-hybridized carbons (Fsp3) is 0.364. The molecule has 0 heterocycles. The van der Waals surface area contributed by atoms with Gasteiger partial charge in [0, 0.05) is 10.9 Å². The van der Waals surface area contributed by atoms with Crippen molar-refractivity contribution in [2.75, 3.05) is 13.6 Å². The molecule has 0 unspecified atom stereocenters. The number of ketones is 1. The van der Waals surface area contributed by atoms with Crippen molar-refractivity contribution in [3.8, 4) is 0 Å². The highest BCUT2D eigenvalue weighted by molar-refractivity contribution is 9.10. The molecule has 0 radical (unpaired) electrons. The number of carbonyl (C=O) groups excluding carboxylic acids is 1. The van der Waals surface area contributed by atoms with Crippen molar-refractivity contribution in [1.82, 2.24) is 5.32 Å². The Bertz CT molecular complexity index is 398. The van der Waals surface area contributed by atoms with Crippen LogP contribution in [-0.4, -0.2) is 19.4 Å². The number of halogens is 3. The van der Waals surface area contributed by atoms with Crippen LogP contribution in [0.3, 0.4) is 0 Å². The molecule has 1 aromatic rings. The lowest BCUT2D eigenvalue weighted by molar-refractivity contribution is 0.0976. The second kappa shape index (κ2) is 6.33. The highest BCUT2D eigenvalue weighted by Gasteiger charge is 2.15. The molecule has 0 aliphatic rings. The van der Waals surface area contributed by atoms with E-state index in [2.05, 4.69) is 21.2 Å². The minimum atomic E-state index is -0.648. The zero-order chi connectivity index (χ0) is 12.1. The number of hydrogen-bond donors (Lipinski definition) is 1. The molecule has 0 aromatic heterocycles. The van der Waals surface area contributed by atoms with Gasteiger partial charge in [-0.15, -0.1) is 0 Å². The average Bonchev–Trinajstić information content (AvgIpc) is 2.26. The molecule has 5 heteroatoms. The number of hydrogen-bond acceptors (Lipinski definition) is 2. The standard InChI is InChI=1S/C11H12BrClFNO/c1-15-6-2-3-9(16)7-4-5-8(12)10(13)11(7)14/h4-5,15H,2-3,6H2,1H3. The van der Waals surface area contributed by atoms with E-state index in [1.807, 2.05) is 7.05 Å². The van der Waals surface area contributed by atoms with E-state index in [1.54, 1.807) is 6.07 Å². The Kier molecular flexibility index (Phi) is 5.38. The van der Waals surface area contributed by atoms with E-state index < -0.39 is 5.82 Å². The second-order valence-corrected chi connectivity index (χ2v) is 4.59. The van der Waals surface area contributed by atoms with Gasteiger partial charge in [-0.1, -0.05) is 11.6 Å². The summed E-state index contributed by atoms with van der Waals surface area (Å²) in [5, 5.41) is 2.89. The van der Waals surface area contributed by atoms with Gasteiger partial charge in [-0.05, 0) is 48.1 Å². The summed E-state index contributed by atoms with van der Waals surface area (Å²) < 4.78 is 14.1. The van der Waals surface area contributed by atoms with Gasteiger partial charge in [-0.2, -0.15) is 0 Å². The third kappa shape index (κ3) is 3.27. The van der Waals surface area contributed by atoms with Crippen LogP contribution >= 0.6 is 27.5 Å². The average molecular weight is 309 g/mol. The molecule has 0 bridgehead atoms. The first kappa shape index (κ1) is 13.6. The molecule has 16 heavy (non-hydrogen) atoms. The zero-order valence-corrected chi connectivity index (χ0v) is 11.2. The Morgan fingerprint density at radius 2 is 2.25 bits per heavy atom. The van der Waals surface area contributed by atoms with Gasteiger partial charge in [-0.3, -0.25) is 4.79 Å². The van der Waals surface area contributed by atoms with E-state index in [0.29, 0.717) is 17.3 Å². The van der Waals surface area contributed by atoms with E-state index in [-0.39, 0.29) is 16.4 Å². The van der Waals surface area contributed by atoms with Crippen LogP contribution in [0.5, 0.6) is 0 Å². The quantitative estimate of drug-likeness (QED) is 0.513. The van der Waals surface area contributed by atoms with E-state index in [1.165, 1.54) is 6.07 Å². The normalized spacial score (nSPS) is 10.5. The molecule has 1 rings (SSSR count). The number of Topliss-reactive ketones (excluding diaryl/α,β-unsaturated/α-hetero) is 1. The van der Waals surface area contributed by atoms with Crippen LogP contribution in [0, 0.1) is 5.82 Å². The van der Waals surface area contributed by atoms with Gasteiger partial charge in [0.1, 0.15) is 0 Å². The fourth-order valence-corrected chi connectivity index (χ4v) is 1.77. The van der Waals surface area contributed by atoms with Crippen LogP contribution in [0.4, 0.5) is 4.39 Å². The van der Waals surface area contributed by atoms with Crippen molar-refractivity contribution in [2.45, 2.75) is 12.8 Å². The highest BCUT2D eigenvalue weighted by Crippen LogP contribution is 2.28. The van der Waals surface area contributed by atoms with Crippen molar-refractivity contribution in [2.24, 2.45) is 0 Å². The van der Waals surface area contributed by atoms with Gasteiger partial charge >= 0.3 is 0 Å². The molecule has 0 saturated heterocycles. The van der Waals surface area contributed by atoms with Gasteiger partial charge in [0.05, 0.1) is 10.6 Å². The van der Waals surface area contributed by atoms with E-state index >= 15 is 0 Å². The topological polar surface area (TPSA) is 29.1 Å². The lowest BCUT2D eigenvalue weighted by Crippen LogP contribution is -2.11. The smallest absolute Gasteiger partial charge is 0.165 e. The Labute approximate surface area is 107 Å². The van der Waals surface area contributed by atoms with Gasteiger partial charge in [0.15, 0.2) is 11.6 Å². The summed E-state index contributed by atoms with van der Waals surface area (Å²) in [6.07, 6.45) is 0.998. The molecule has 0 amide bonds. The lowest BCUT2D eigenvalue weighted by Gasteiger charge is -2.05. The number of carbonyl (C=O) groups is 1. The molecule has 0 aliphatic carbocycles. The van der Waals surface area contributed by atoms with Crippen LogP contribution in [0.2, 0.25) is 5.02 Å². The van der Waals surface area contributed by atoms with E-state index in [9.17, 15) is 9.18 Å². The fourth-order valence-electron chi connectivity index (χ4n) is 1.30. The van der Waals surface area contributed by atoms with Gasteiger partial charge in [0.2, 0.25) is 0 Å². The molecule has 2 nitrogen and oxygen atoms in total. The van der Waals surface area contributed by atoms with Gasteiger partial charge in [-0.25, -0.2) is 4.39 Å². The third-order valence-electron chi connectivity index (χ3n) is 2.17. The Hall–Kier alpha value is -0.450. The summed E-state index contributed by atoms with van der Waals surface area (Å²) in [5.41, 5.74) is 0.0595. The Morgan fingerprint density at radius 3 is 2.88 bits per heavy atom. The first-order valence-electron chi connectivity index (χ1n) is 4.89. The van der Waals surface area contributed by atoms with Crippen molar-refractivity contribution in [3.05, 3.63) is 33.0 Å². The third-order valence-corrected chi connectivity index (χ3v) is 3.42. The summed E-state index contributed by atoms with van der Waals surface area (Å²) >= 11 is 8.80. The largest absolute Gasteiger partial charge is 0.320 e. The Morgan fingerprint density at radius 1 is 1.56 bits per heavy atom. The molecule has 0 fully saturated rings. The molecule has 0 saturated carbocycles. The van der Waals surface area contributed by atoms with Crippen molar-refractivity contribution in [3.63, 3.8) is 0 Å². The second-order valence-electron chi connectivity index (χ2n) is 3.35. The molecular formula is C11H12BrClFNO. The highest BCUT2D eigenvalue weighted by atomic mass is 79.9. The number of benzene rings is 1. The molecule has 0 spiro atoms. The van der Waals surface area contributed by atoms with Crippen LogP contribution < -0.4 is 5.32 Å². The van der Waals surface area contributed by atoms with Crippen LogP contribution in [0.1, 0.15) is 23.2 Å². The summed E-state index contributed by atoms with van der Waals surface area (Å²) in [6, 6.07) is 3.03. The van der Waals surface area contributed by atoms with Crippen LogP contribution in [0.25, 0.3) is 0 Å². The molecule has 0 aliphatic heterocycles. The Balaban J connectivity index is 2.80. The first-order valence-corrected chi connectivity index (χ1v) is 6.06. The zero-order valence-electron chi connectivity index (χ0n) is 8.82. The van der Waals surface area contributed by atoms with Crippen molar-refractivity contribution < 1.29 is 9.18 Å². The molecular weight excluding hydrogens is 296 g/mol. The van der Waals surface area contributed by atoms with Gasteiger partial charge in [0.25, 0.3) is 0 Å². The van der Waals surface area contributed by atoms with Crippen LogP contribution in [-0.2, 0) is 0 Å². The number of nitrogens with one attached hydrogen (secondary N) is 1. The minimum absolute atomic E-state index is 0.0422. The molecule has 88 valence electrons. The summed E-state index contributed by atoms with van der Waals surface area (Å²) in [7, 11) is 1.81. The van der Waals surface area contributed by atoms with Crippen LogP contribution in [0.15, 0.2) is 16.6 Å². The SMILES string of the molecule is CNCCCC(=O)c1ccc(Br)c(Cl)c1F. The van der Waals surface area contributed by atoms with Crippen molar-refractivity contribution >= 4 is 33.3 Å². The molecule has 1 aromatic carbocycles. The number of rotatable bonds is 5. The summed E-state index contributed by atoms with van der Waals surface area (Å²) in [6.45, 7) is 0.734. The minimum Gasteiger partial charge on any atom is -0.320 e. The maximum atomic E-state index is 13.6. The maximum absolute atomic E-state index is 13.6. The predicted molar refractivity (Wildman–Crippen MR) is 66.6 cm³/mol. The van der Waals surface area contributed by atoms with Gasteiger partial charge < -0.3 is 5.32 Å². The van der Waals surface area contributed by atoms with Crippen molar-refractivity contribution in [1.29, 1.82) is 0 Å². The molecule has 1 N–H and O–H groups in total.